The average molecular weight is 221 g/mol. The van der Waals surface area contributed by atoms with Crippen LogP contribution < -0.4 is 5.73 Å². The molecule has 4 nitrogen and oxygen atoms in total. The third-order valence-electron chi connectivity index (χ3n) is 3.77. The zero-order chi connectivity index (χ0) is 11.0. The molecule has 1 aromatic rings. The van der Waals surface area contributed by atoms with Crippen LogP contribution in [0.15, 0.2) is 4.52 Å². The third-order valence-corrected chi connectivity index (χ3v) is 3.77. The van der Waals surface area contributed by atoms with E-state index in [1.165, 1.54) is 12.8 Å². The van der Waals surface area contributed by atoms with Gasteiger partial charge in [0.2, 0.25) is 5.89 Å². The minimum atomic E-state index is 0.380. The van der Waals surface area contributed by atoms with Crippen LogP contribution in [-0.4, -0.2) is 16.2 Å². The summed E-state index contributed by atoms with van der Waals surface area (Å²) in [6.07, 6.45) is 8.06. The summed E-state index contributed by atoms with van der Waals surface area (Å²) < 4.78 is 5.37. The van der Waals surface area contributed by atoms with Crippen molar-refractivity contribution in [2.75, 3.05) is 0 Å². The minimum Gasteiger partial charge on any atom is -0.339 e. The molecule has 16 heavy (non-hydrogen) atoms. The van der Waals surface area contributed by atoms with E-state index < -0.39 is 0 Å². The van der Waals surface area contributed by atoms with Crippen LogP contribution in [0.2, 0.25) is 0 Å². The fourth-order valence-corrected chi connectivity index (χ4v) is 2.46. The number of nitrogens with zero attached hydrogens (tertiary/aromatic N) is 2. The predicted octanol–water partition coefficient (Wildman–Crippen LogP) is 2.01. The van der Waals surface area contributed by atoms with Gasteiger partial charge in [0.05, 0.1) is 0 Å². The Labute approximate surface area is 95.6 Å². The molecule has 0 unspecified atom stereocenters. The molecule has 0 spiro atoms. The largest absolute Gasteiger partial charge is 0.339 e. The van der Waals surface area contributed by atoms with E-state index in [1.54, 1.807) is 0 Å². The molecular weight excluding hydrogens is 202 g/mol. The van der Waals surface area contributed by atoms with E-state index >= 15 is 0 Å². The van der Waals surface area contributed by atoms with Crippen LogP contribution in [0.3, 0.4) is 0 Å². The van der Waals surface area contributed by atoms with Gasteiger partial charge in [-0.2, -0.15) is 4.98 Å². The third kappa shape index (κ3) is 2.26. The summed E-state index contributed by atoms with van der Waals surface area (Å²) in [7, 11) is 0. The standard InChI is InChI=1S/C12H19N3O/c13-10-5-3-9(4-6-10)12-14-11(15-16-12)7-8-1-2-8/h8-10H,1-7,13H2. The fourth-order valence-electron chi connectivity index (χ4n) is 2.46. The van der Waals surface area contributed by atoms with Crippen molar-refractivity contribution >= 4 is 0 Å². The topological polar surface area (TPSA) is 64.9 Å². The molecule has 0 amide bonds. The summed E-state index contributed by atoms with van der Waals surface area (Å²) in [6, 6.07) is 0.380. The Morgan fingerprint density at radius 3 is 2.56 bits per heavy atom. The summed E-state index contributed by atoms with van der Waals surface area (Å²) in [5.74, 6) is 3.04. The Kier molecular flexibility index (Phi) is 2.67. The van der Waals surface area contributed by atoms with Crippen LogP contribution in [-0.2, 0) is 6.42 Å². The van der Waals surface area contributed by atoms with Gasteiger partial charge in [-0.15, -0.1) is 0 Å². The highest BCUT2D eigenvalue weighted by atomic mass is 16.5. The lowest BCUT2D eigenvalue weighted by Gasteiger charge is -2.22. The van der Waals surface area contributed by atoms with Crippen LogP contribution in [0.4, 0.5) is 0 Å². The zero-order valence-electron chi connectivity index (χ0n) is 9.56. The molecule has 1 aromatic heterocycles. The number of hydrogen-bond acceptors (Lipinski definition) is 4. The van der Waals surface area contributed by atoms with E-state index in [1.807, 2.05) is 0 Å². The summed E-state index contributed by atoms with van der Waals surface area (Å²) in [5, 5.41) is 4.07. The van der Waals surface area contributed by atoms with Crippen molar-refractivity contribution in [3.8, 4) is 0 Å². The molecule has 0 atom stereocenters. The highest BCUT2D eigenvalue weighted by molar-refractivity contribution is 4.98. The van der Waals surface area contributed by atoms with Crippen molar-refractivity contribution in [1.82, 2.24) is 10.1 Å². The molecule has 0 aliphatic heterocycles. The summed E-state index contributed by atoms with van der Waals surface area (Å²) in [4.78, 5) is 4.52. The van der Waals surface area contributed by atoms with Gasteiger partial charge in [-0.3, -0.25) is 0 Å². The van der Waals surface area contributed by atoms with Gasteiger partial charge in [0.1, 0.15) is 0 Å². The molecule has 1 heterocycles. The van der Waals surface area contributed by atoms with E-state index in [0.717, 1.165) is 49.7 Å². The first-order valence-electron chi connectivity index (χ1n) is 6.39. The predicted molar refractivity (Wildman–Crippen MR) is 59.9 cm³/mol. The Balaban J connectivity index is 1.62. The highest BCUT2D eigenvalue weighted by Crippen LogP contribution is 2.34. The Hall–Kier alpha value is -0.900. The van der Waals surface area contributed by atoms with Crippen molar-refractivity contribution in [3.05, 3.63) is 11.7 Å². The van der Waals surface area contributed by atoms with Gasteiger partial charge in [0.15, 0.2) is 5.82 Å². The van der Waals surface area contributed by atoms with Gasteiger partial charge in [-0.1, -0.05) is 5.16 Å². The van der Waals surface area contributed by atoms with Gasteiger partial charge in [0, 0.05) is 18.4 Å². The molecule has 4 heteroatoms. The van der Waals surface area contributed by atoms with Crippen molar-refractivity contribution in [1.29, 1.82) is 0 Å². The van der Waals surface area contributed by atoms with Crippen molar-refractivity contribution in [2.45, 2.75) is 56.9 Å². The zero-order valence-corrected chi connectivity index (χ0v) is 9.56. The van der Waals surface area contributed by atoms with E-state index in [0.29, 0.717) is 12.0 Å². The summed E-state index contributed by atoms with van der Waals surface area (Å²) >= 11 is 0. The molecule has 0 bridgehead atoms. The summed E-state index contributed by atoms with van der Waals surface area (Å²) in [5.41, 5.74) is 5.89. The van der Waals surface area contributed by atoms with Gasteiger partial charge in [0.25, 0.3) is 0 Å². The van der Waals surface area contributed by atoms with Gasteiger partial charge < -0.3 is 10.3 Å². The van der Waals surface area contributed by atoms with Gasteiger partial charge in [-0.25, -0.2) is 0 Å². The Morgan fingerprint density at radius 2 is 1.88 bits per heavy atom. The molecule has 0 radical (unpaired) electrons. The quantitative estimate of drug-likeness (QED) is 0.848. The molecule has 0 aromatic carbocycles. The van der Waals surface area contributed by atoms with Crippen LogP contribution in [0.1, 0.15) is 56.2 Å². The van der Waals surface area contributed by atoms with E-state index in [2.05, 4.69) is 10.1 Å². The minimum absolute atomic E-state index is 0.380. The first-order chi connectivity index (χ1) is 7.81. The normalized spacial score (nSPS) is 30.6. The van der Waals surface area contributed by atoms with Gasteiger partial charge >= 0.3 is 0 Å². The monoisotopic (exact) mass is 221 g/mol. The van der Waals surface area contributed by atoms with Crippen LogP contribution >= 0.6 is 0 Å². The van der Waals surface area contributed by atoms with Crippen molar-refractivity contribution in [2.24, 2.45) is 11.7 Å². The first-order valence-corrected chi connectivity index (χ1v) is 6.39. The molecule has 2 saturated carbocycles. The van der Waals surface area contributed by atoms with Crippen LogP contribution in [0, 0.1) is 5.92 Å². The first kappa shape index (κ1) is 10.3. The smallest absolute Gasteiger partial charge is 0.229 e. The molecule has 0 saturated heterocycles. The Morgan fingerprint density at radius 1 is 1.12 bits per heavy atom. The lowest BCUT2D eigenvalue weighted by molar-refractivity contribution is 0.299. The van der Waals surface area contributed by atoms with Crippen LogP contribution in [0.5, 0.6) is 0 Å². The lowest BCUT2D eigenvalue weighted by Crippen LogP contribution is -2.25. The maximum absolute atomic E-state index is 5.89. The summed E-state index contributed by atoms with van der Waals surface area (Å²) in [6.45, 7) is 0. The SMILES string of the molecule is NC1CCC(c2nc(CC3CC3)no2)CC1. The maximum atomic E-state index is 5.89. The molecule has 2 fully saturated rings. The fraction of sp³-hybridized carbons (Fsp3) is 0.833. The van der Waals surface area contributed by atoms with Gasteiger partial charge in [-0.05, 0) is 44.4 Å². The Bertz CT molecular complexity index is 351. The highest BCUT2D eigenvalue weighted by Gasteiger charge is 2.27. The number of rotatable bonds is 3. The number of hydrogen-bond donors (Lipinski definition) is 1. The van der Waals surface area contributed by atoms with Crippen molar-refractivity contribution < 1.29 is 4.52 Å². The molecule has 3 rings (SSSR count). The van der Waals surface area contributed by atoms with E-state index in [-0.39, 0.29) is 0 Å². The van der Waals surface area contributed by atoms with Crippen LogP contribution in [0.25, 0.3) is 0 Å². The second kappa shape index (κ2) is 4.17. The number of aromatic nitrogens is 2. The lowest BCUT2D eigenvalue weighted by atomic mass is 9.86. The van der Waals surface area contributed by atoms with Crippen molar-refractivity contribution in [3.63, 3.8) is 0 Å². The van der Waals surface area contributed by atoms with E-state index in [9.17, 15) is 0 Å². The van der Waals surface area contributed by atoms with E-state index in [4.69, 9.17) is 10.3 Å². The molecule has 2 aliphatic rings. The average Bonchev–Trinajstić information content (AvgIpc) is 2.97. The molecular formula is C12H19N3O. The maximum Gasteiger partial charge on any atom is 0.229 e. The molecule has 88 valence electrons. The second-order valence-electron chi connectivity index (χ2n) is 5.31. The molecule has 2 aliphatic carbocycles. The number of nitrogens with two attached hydrogens (primary N) is 1. The molecule has 2 N–H and O–H groups in total. The second-order valence-corrected chi connectivity index (χ2v) is 5.31.